The number of ether oxygens (including phenoxy) is 1. The van der Waals surface area contributed by atoms with Gasteiger partial charge in [0.1, 0.15) is 5.76 Å². The highest BCUT2D eigenvalue weighted by molar-refractivity contribution is 7.22. The van der Waals surface area contributed by atoms with E-state index in [0.29, 0.717) is 6.54 Å². The van der Waals surface area contributed by atoms with Gasteiger partial charge in [0, 0.05) is 45.2 Å². The Morgan fingerprint density at radius 1 is 1.06 bits per heavy atom. The van der Waals surface area contributed by atoms with Crippen molar-refractivity contribution in [3.8, 4) is 0 Å². The van der Waals surface area contributed by atoms with Crippen LogP contribution in [0, 0.1) is 5.92 Å². The molecule has 0 unspecified atom stereocenters. The number of rotatable bonds is 5. The van der Waals surface area contributed by atoms with Gasteiger partial charge in [0.25, 0.3) is 0 Å². The van der Waals surface area contributed by atoms with Crippen molar-refractivity contribution < 1.29 is 18.7 Å². The first-order valence-electron chi connectivity index (χ1n) is 11.9. The number of hydrogen-bond donors (Lipinski definition) is 0. The van der Waals surface area contributed by atoms with Gasteiger partial charge in [0.15, 0.2) is 5.13 Å². The van der Waals surface area contributed by atoms with Crippen LogP contribution in [0.3, 0.4) is 0 Å². The van der Waals surface area contributed by atoms with Crippen LogP contribution in [0.25, 0.3) is 10.2 Å². The van der Waals surface area contributed by atoms with Crippen LogP contribution in [-0.2, 0) is 16.1 Å². The number of nitrogens with zero attached hydrogens (tertiary/aromatic N) is 4. The van der Waals surface area contributed by atoms with Crippen LogP contribution < -0.4 is 4.90 Å². The molecule has 4 heterocycles. The second kappa shape index (κ2) is 10.1. The molecule has 1 aromatic carbocycles. The molecule has 3 aromatic rings. The van der Waals surface area contributed by atoms with Crippen LogP contribution in [0.15, 0.2) is 40.8 Å². The van der Waals surface area contributed by atoms with E-state index in [1.165, 1.54) is 11.8 Å². The molecular formula is C25H30N4O4S. The molecule has 5 rings (SSSR count). The number of para-hydroxylation sites is 1. The second-order valence-electron chi connectivity index (χ2n) is 8.94. The summed E-state index contributed by atoms with van der Waals surface area (Å²) in [5.41, 5.74) is 1.05. The van der Waals surface area contributed by atoms with E-state index in [2.05, 4.69) is 21.9 Å². The third-order valence-corrected chi connectivity index (χ3v) is 7.82. The van der Waals surface area contributed by atoms with Gasteiger partial charge in [-0.3, -0.25) is 9.69 Å². The smallest absolute Gasteiger partial charge is 0.373 e. The van der Waals surface area contributed by atoms with Gasteiger partial charge in [-0.05, 0) is 43.5 Å². The molecule has 0 N–H and O–H groups in total. The lowest BCUT2D eigenvalue weighted by Gasteiger charge is -2.33. The van der Waals surface area contributed by atoms with Gasteiger partial charge >= 0.3 is 5.97 Å². The number of esters is 1. The maximum Gasteiger partial charge on any atom is 0.373 e. The van der Waals surface area contributed by atoms with Gasteiger partial charge in [0.05, 0.1) is 23.9 Å². The molecule has 34 heavy (non-hydrogen) atoms. The van der Waals surface area contributed by atoms with Crippen molar-refractivity contribution in [2.45, 2.75) is 25.8 Å². The van der Waals surface area contributed by atoms with Gasteiger partial charge in [-0.15, -0.1) is 0 Å². The second-order valence-corrected chi connectivity index (χ2v) is 9.95. The maximum absolute atomic E-state index is 13.3. The summed E-state index contributed by atoms with van der Waals surface area (Å²) in [6, 6.07) is 11.7. The number of anilines is 1. The van der Waals surface area contributed by atoms with Crippen LogP contribution in [0.2, 0.25) is 0 Å². The molecule has 0 atom stereocenters. The summed E-state index contributed by atoms with van der Waals surface area (Å²) in [7, 11) is 1.34. The molecule has 0 bridgehead atoms. The zero-order valence-corrected chi connectivity index (χ0v) is 20.3. The lowest BCUT2D eigenvalue weighted by atomic mass is 9.95. The topological polar surface area (TPSA) is 79.1 Å². The number of amides is 1. The molecular weight excluding hydrogens is 452 g/mol. The zero-order valence-electron chi connectivity index (χ0n) is 19.4. The molecule has 180 valence electrons. The molecule has 0 radical (unpaired) electrons. The van der Waals surface area contributed by atoms with Crippen LogP contribution in [-0.4, -0.2) is 73.0 Å². The van der Waals surface area contributed by atoms with Crippen LogP contribution >= 0.6 is 11.3 Å². The fourth-order valence-corrected chi connectivity index (χ4v) is 5.83. The van der Waals surface area contributed by atoms with Crippen molar-refractivity contribution in [3.05, 3.63) is 47.9 Å². The highest BCUT2D eigenvalue weighted by Crippen LogP contribution is 2.32. The van der Waals surface area contributed by atoms with Gasteiger partial charge < -0.3 is 19.0 Å². The minimum absolute atomic E-state index is 0.0878. The first-order valence-corrected chi connectivity index (χ1v) is 12.7. The quantitative estimate of drug-likeness (QED) is 0.514. The number of benzene rings is 1. The third-order valence-electron chi connectivity index (χ3n) is 6.73. The van der Waals surface area contributed by atoms with E-state index < -0.39 is 5.97 Å². The van der Waals surface area contributed by atoms with E-state index in [1.807, 2.05) is 23.1 Å². The summed E-state index contributed by atoms with van der Waals surface area (Å²) in [5.74, 6) is 0.874. The molecule has 2 saturated heterocycles. The number of furan rings is 1. The maximum atomic E-state index is 13.3. The highest BCUT2D eigenvalue weighted by Gasteiger charge is 2.30. The van der Waals surface area contributed by atoms with E-state index in [1.54, 1.807) is 17.4 Å². The normalized spacial score (nSPS) is 18.3. The number of methoxy groups -OCH3 is 1. The Hall–Kier alpha value is -2.91. The largest absolute Gasteiger partial charge is 0.463 e. The minimum Gasteiger partial charge on any atom is -0.463 e. The van der Waals surface area contributed by atoms with E-state index in [4.69, 9.17) is 14.1 Å². The van der Waals surface area contributed by atoms with Crippen molar-refractivity contribution >= 4 is 38.6 Å². The van der Waals surface area contributed by atoms with E-state index in [-0.39, 0.29) is 17.6 Å². The van der Waals surface area contributed by atoms with E-state index in [0.717, 1.165) is 74.9 Å². The Bertz CT molecular complexity index is 1120. The molecule has 2 aromatic heterocycles. The SMILES string of the molecule is COC(=O)c1ccc(CN2CCCN(C(=O)C3CCN(c4nc5ccccc5s4)CC3)CC2)o1. The van der Waals surface area contributed by atoms with Crippen molar-refractivity contribution in [2.24, 2.45) is 5.92 Å². The molecule has 9 heteroatoms. The molecule has 0 saturated carbocycles. The summed E-state index contributed by atoms with van der Waals surface area (Å²) in [4.78, 5) is 36.3. The third kappa shape index (κ3) is 4.95. The standard InChI is InChI=1S/C25H30N4O4S/c1-32-24(31)21-8-7-19(33-21)17-27-11-4-12-28(16-15-27)23(30)18-9-13-29(14-10-18)25-26-20-5-2-3-6-22(20)34-25/h2-3,5-8,18H,4,9-17H2,1H3. The van der Waals surface area contributed by atoms with Crippen molar-refractivity contribution in [2.75, 3.05) is 51.3 Å². The zero-order chi connectivity index (χ0) is 23.5. The predicted molar refractivity (Wildman–Crippen MR) is 131 cm³/mol. The number of hydrogen-bond acceptors (Lipinski definition) is 8. The Morgan fingerprint density at radius 2 is 1.88 bits per heavy atom. The first-order chi connectivity index (χ1) is 16.6. The minimum atomic E-state index is -0.465. The summed E-state index contributed by atoms with van der Waals surface area (Å²) in [6.07, 6.45) is 2.68. The van der Waals surface area contributed by atoms with Crippen molar-refractivity contribution in [3.63, 3.8) is 0 Å². The lowest BCUT2D eigenvalue weighted by Crippen LogP contribution is -2.43. The molecule has 1 amide bonds. The molecule has 0 aliphatic carbocycles. The summed E-state index contributed by atoms with van der Waals surface area (Å²) in [6.45, 7) is 5.58. The van der Waals surface area contributed by atoms with E-state index >= 15 is 0 Å². The average molecular weight is 483 g/mol. The number of carbonyl (C=O) groups is 2. The fraction of sp³-hybridized carbons (Fsp3) is 0.480. The molecule has 0 spiro atoms. The Labute approximate surface area is 203 Å². The lowest BCUT2D eigenvalue weighted by molar-refractivity contribution is -0.136. The highest BCUT2D eigenvalue weighted by atomic mass is 32.1. The van der Waals surface area contributed by atoms with Crippen LogP contribution in [0.4, 0.5) is 5.13 Å². The fourth-order valence-electron chi connectivity index (χ4n) is 4.81. The van der Waals surface area contributed by atoms with Gasteiger partial charge in [-0.1, -0.05) is 23.5 Å². The molecule has 8 nitrogen and oxygen atoms in total. The van der Waals surface area contributed by atoms with Gasteiger partial charge in [-0.2, -0.15) is 0 Å². The summed E-state index contributed by atoms with van der Waals surface area (Å²) < 4.78 is 11.5. The summed E-state index contributed by atoms with van der Waals surface area (Å²) in [5, 5.41) is 1.06. The number of fused-ring (bicyclic) bond motifs is 1. The van der Waals surface area contributed by atoms with Crippen LogP contribution in [0.1, 0.15) is 35.6 Å². The van der Waals surface area contributed by atoms with Gasteiger partial charge in [-0.25, -0.2) is 9.78 Å². The monoisotopic (exact) mass is 482 g/mol. The number of piperidine rings is 1. The number of carbonyl (C=O) groups excluding carboxylic acids is 2. The number of aromatic nitrogens is 1. The average Bonchev–Trinajstić information content (AvgIpc) is 3.45. The Kier molecular flexibility index (Phi) is 6.82. The van der Waals surface area contributed by atoms with Crippen molar-refractivity contribution in [1.29, 1.82) is 0 Å². The Balaban J connectivity index is 1.12. The predicted octanol–water partition coefficient (Wildman–Crippen LogP) is 3.63. The first kappa shape index (κ1) is 22.9. The molecule has 2 aliphatic heterocycles. The molecule has 2 fully saturated rings. The molecule has 2 aliphatic rings. The van der Waals surface area contributed by atoms with Gasteiger partial charge in [0.2, 0.25) is 11.7 Å². The van der Waals surface area contributed by atoms with E-state index in [9.17, 15) is 9.59 Å². The number of thiazole rings is 1. The van der Waals surface area contributed by atoms with Crippen LogP contribution in [0.5, 0.6) is 0 Å². The Morgan fingerprint density at radius 3 is 2.68 bits per heavy atom. The van der Waals surface area contributed by atoms with Crippen molar-refractivity contribution in [1.82, 2.24) is 14.8 Å². The summed E-state index contributed by atoms with van der Waals surface area (Å²) >= 11 is 1.73.